The lowest BCUT2D eigenvalue weighted by Crippen LogP contribution is -2.14. The van der Waals surface area contributed by atoms with Crippen LogP contribution in [0.5, 0.6) is 28.7 Å². The molecule has 0 radical (unpaired) electrons. The van der Waals surface area contributed by atoms with Gasteiger partial charge in [0, 0.05) is 0 Å². The lowest BCUT2D eigenvalue weighted by Gasteiger charge is -2.17. The summed E-state index contributed by atoms with van der Waals surface area (Å²) in [5.74, 6) is -0.372. The first-order valence-corrected chi connectivity index (χ1v) is 9.92. The maximum absolute atomic E-state index is 13.0. The monoisotopic (exact) mass is 452 g/mol. The van der Waals surface area contributed by atoms with Gasteiger partial charge in [-0.2, -0.15) is 0 Å². The average Bonchev–Trinajstić information content (AvgIpc) is 2.86. The van der Waals surface area contributed by atoms with Gasteiger partial charge in [0.2, 0.25) is 5.75 Å². The van der Waals surface area contributed by atoms with Gasteiger partial charge in [-0.05, 0) is 29.8 Å². The Morgan fingerprint density at radius 1 is 0.697 bits per heavy atom. The van der Waals surface area contributed by atoms with Crippen molar-refractivity contribution in [2.45, 2.75) is 6.61 Å². The number of methoxy groups -OCH3 is 4. The van der Waals surface area contributed by atoms with Crippen molar-refractivity contribution in [1.29, 1.82) is 0 Å². The number of carbonyl (C=O) groups excluding carboxylic acids is 2. The molecule has 0 aliphatic heterocycles. The fourth-order valence-corrected chi connectivity index (χ4v) is 3.07. The lowest BCUT2D eigenvalue weighted by molar-refractivity contribution is 0.0591. The van der Waals surface area contributed by atoms with Crippen LogP contribution in [0.2, 0.25) is 0 Å². The van der Waals surface area contributed by atoms with E-state index in [4.69, 9.17) is 28.4 Å². The normalized spacial score (nSPS) is 10.2. The molecule has 0 fully saturated rings. The molecule has 0 heterocycles. The highest BCUT2D eigenvalue weighted by molar-refractivity contribution is 5.97. The molecule has 0 aromatic heterocycles. The molecular weight excluding hydrogens is 428 g/mol. The van der Waals surface area contributed by atoms with Crippen LogP contribution in [0.25, 0.3) is 0 Å². The molecule has 0 aliphatic rings. The first-order chi connectivity index (χ1) is 16.0. The van der Waals surface area contributed by atoms with Gasteiger partial charge in [-0.1, -0.05) is 36.4 Å². The number of benzene rings is 3. The minimum Gasteiger partial charge on any atom is -0.493 e. The van der Waals surface area contributed by atoms with E-state index in [9.17, 15) is 9.59 Å². The number of ether oxygens (including phenoxy) is 6. The van der Waals surface area contributed by atoms with E-state index in [-0.39, 0.29) is 40.7 Å². The third-order valence-corrected chi connectivity index (χ3v) is 4.72. The van der Waals surface area contributed by atoms with Crippen LogP contribution < -0.4 is 23.7 Å². The molecule has 0 aliphatic carbocycles. The third kappa shape index (κ3) is 5.35. The number of esters is 2. The molecule has 0 N–H and O–H groups in total. The first-order valence-electron chi connectivity index (χ1n) is 9.92. The van der Waals surface area contributed by atoms with Gasteiger partial charge in [0.1, 0.15) is 12.2 Å². The van der Waals surface area contributed by atoms with E-state index < -0.39 is 11.9 Å². The predicted molar refractivity (Wildman–Crippen MR) is 120 cm³/mol. The molecule has 8 heteroatoms. The number of rotatable bonds is 9. The first kappa shape index (κ1) is 23.5. The van der Waals surface area contributed by atoms with Crippen LogP contribution >= 0.6 is 0 Å². The van der Waals surface area contributed by atoms with E-state index in [2.05, 4.69) is 0 Å². The fraction of sp³-hybridized carbons (Fsp3) is 0.200. The standard InChI is InChI=1S/C25H24O8/c1-28-19-12-8-11-18(25(27)31-4)22(19)33-24(26)17-13-20(29-2)23(21(14-17)30-3)32-15-16-9-6-5-7-10-16/h5-14H,15H2,1-4H3. The van der Waals surface area contributed by atoms with E-state index in [0.29, 0.717) is 5.75 Å². The van der Waals surface area contributed by atoms with Crippen molar-refractivity contribution in [2.75, 3.05) is 28.4 Å². The maximum Gasteiger partial charge on any atom is 0.343 e. The number of para-hydroxylation sites is 1. The van der Waals surface area contributed by atoms with Crippen molar-refractivity contribution in [3.8, 4) is 28.7 Å². The zero-order valence-electron chi connectivity index (χ0n) is 18.7. The topological polar surface area (TPSA) is 89.5 Å². The Kier molecular flexibility index (Phi) is 7.75. The van der Waals surface area contributed by atoms with Crippen molar-refractivity contribution in [2.24, 2.45) is 0 Å². The number of hydrogen-bond acceptors (Lipinski definition) is 8. The van der Waals surface area contributed by atoms with Gasteiger partial charge in [0.05, 0.1) is 34.0 Å². The lowest BCUT2D eigenvalue weighted by atomic mass is 10.1. The highest BCUT2D eigenvalue weighted by atomic mass is 16.6. The molecule has 33 heavy (non-hydrogen) atoms. The molecule has 0 saturated heterocycles. The summed E-state index contributed by atoms with van der Waals surface area (Å²) in [6, 6.07) is 17.2. The average molecular weight is 452 g/mol. The van der Waals surface area contributed by atoms with Gasteiger partial charge in [-0.15, -0.1) is 0 Å². The Morgan fingerprint density at radius 3 is 1.91 bits per heavy atom. The van der Waals surface area contributed by atoms with Crippen LogP contribution in [-0.2, 0) is 11.3 Å². The largest absolute Gasteiger partial charge is 0.493 e. The summed E-state index contributed by atoms with van der Waals surface area (Å²) in [5.41, 5.74) is 1.13. The summed E-state index contributed by atoms with van der Waals surface area (Å²) in [6.45, 7) is 0.279. The molecule has 0 amide bonds. The molecule has 0 spiro atoms. The summed E-state index contributed by atoms with van der Waals surface area (Å²) in [7, 11) is 5.54. The zero-order chi connectivity index (χ0) is 23.8. The smallest absolute Gasteiger partial charge is 0.343 e. The van der Waals surface area contributed by atoms with Gasteiger partial charge in [0.25, 0.3) is 0 Å². The van der Waals surface area contributed by atoms with Gasteiger partial charge in [0.15, 0.2) is 23.0 Å². The van der Waals surface area contributed by atoms with Crippen molar-refractivity contribution in [3.05, 3.63) is 77.4 Å². The highest BCUT2D eigenvalue weighted by Gasteiger charge is 2.24. The van der Waals surface area contributed by atoms with Gasteiger partial charge < -0.3 is 28.4 Å². The maximum atomic E-state index is 13.0. The fourth-order valence-electron chi connectivity index (χ4n) is 3.07. The zero-order valence-corrected chi connectivity index (χ0v) is 18.7. The van der Waals surface area contributed by atoms with Crippen molar-refractivity contribution >= 4 is 11.9 Å². The molecule has 3 rings (SSSR count). The molecule has 0 bridgehead atoms. The number of carbonyl (C=O) groups is 2. The van der Waals surface area contributed by atoms with E-state index in [0.717, 1.165) is 5.56 Å². The van der Waals surface area contributed by atoms with Crippen LogP contribution in [0.15, 0.2) is 60.7 Å². The summed E-state index contributed by atoms with van der Waals surface area (Å²) in [5, 5.41) is 0. The number of hydrogen-bond donors (Lipinski definition) is 0. The summed E-state index contributed by atoms with van der Waals surface area (Å²) in [4.78, 5) is 25.1. The summed E-state index contributed by atoms with van der Waals surface area (Å²) in [6.07, 6.45) is 0. The van der Waals surface area contributed by atoms with Crippen LogP contribution in [0.3, 0.4) is 0 Å². The Bertz CT molecular complexity index is 1100. The molecule has 0 atom stereocenters. The minimum absolute atomic E-state index is 0.0481. The van der Waals surface area contributed by atoms with Gasteiger partial charge in [-0.25, -0.2) is 9.59 Å². The van der Waals surface area contributed by atoms with Crippen molar-refractivity contribution in [3.63, 3.8) is 0 Å². The van der Waals surface area contributed by atoms with Crippen LogP contribution in [0, 0.1) is 0 Å². The summed E-state index contributed by atoms with van der Waals surface area (Å²) < 4.78 is 32.3. The van der Waals surface area contributed by atoms with Gasteiger partial charge >= 0.3 is 11.9 Å². The second kappa shape index (κ2) is 10.9. The Morgan fingerprint density at radius 2 is 1.33 bits per heavy atom. The van der Waals surface area contributed by atoms with E-state index in [1.807, 2.05) is 30.3 Å². The Hall–Kier alpha value is -4.20. The van der Waals surface area contributed by atoms with Gasteiger partial charge in [-0.3, -0.25) is 0 Å². The Balaban J connectivity index is 1.92. The molecule has 0 saturated carbocycles. The highest BCUT2D eigenvalue weighted by Crippen LogP contribution is 2.40. The van der Waals surface area contributed by atoms with Crippen LogP contribution in [0.1, 0.15) is 26.3 Å². The summed E-state index contributed by atoms with van der Waals surface area (Å²) >= 11 is 0. The second-order valence-corrected chi connectivity index (χ2v) is 6.70. The molecule has 3 aromatic rings. The van der Waals surface area contributed by atoms with Crippen molar-refractivity contribution in [1.82, 2.24) is 0 Å². The predicted octanol–water partition coefficient (Wildman–Crippen LogP) is 4.30. The quantitative estimate of drug-likeness (QED) is 0.351. The SMILES string of the molecule is COC(=O)c1cccc(OC)c1OC(=O)c1cc(OC)c(OCc2ccccc2)c(OC)c1. The Labute approximate surface area is 191 Å². The molecule has 8 nitrogen and oxygen atoms in total. The van der Waals surface area contributed by atoms with Crippen LogP contribution in [0.4, 0.5) is 0 Å². The second-order valence-electron chi connectivity index (χ2n) is 6.70. The molecule has 172 valence electrons. The third-order valence-electron chi connectivity index (χ3n) is 4.72. The van der Waals surface area contributed by atoms with Crippen molar-refractivity contribution < 1.29 is 38.0 Å². The molecular formula is C25H24O8. The molecule has 3 aromatic carbocycles. The molecule has 0 unspecified atom stereocenters. The minimum atomic E-state index is -0.754. The van der Waals surface area contributed by atoms with Crippen LogP contribution in [-0.4, -0.2) is 40.4 Å². The van der Waals surface area contributed by atoms with E-state index in [1.54, 1.807) is 12.1 Å². The van der Waals surface area contributed by atoms with E-state index in [1.165, 1.54) is 46.6 Å². The van der Waals surface area contributed by atoms with E-state index >= 15 is 0 Å².